The molecule has 0 N–H and O–H groups in total. The molecule has 4 rings (SSSR count). The van der Waals surface area contributed by atoms with Gasteiger partial charge >= 0.3 is 12.1 Å². The van der Waals surface area contributed by atoms with E-state index in [1.54, 1.807) is 4.90 Å². The van der Waals surface area contributed by atoms with Crippen molar-refractivity contribution in [3.63, 3.8) is 0 Å². The Kier molecular flexibility index (Phi) is 9.25. The van der Waals surface area contributed by atoms with Crippen molar-refractivity contribution in [3.8, 4) is 0 Å². The van der Waals surface area contributed by atoms with Crippen LogP contribution in [-0.4, -0.2) is 51.6 Å². The monoisotopic (exact) mass is 545 g/mol. The molecule has 2 atom stereocenters. The minimum Gasteiger partial charge on any atom is -0.469 e. The van der Waals surface area contributed by atoms with Crippen LogP contribution < -0.4 is 10.4 Å². The van der Waals surface area contributed by atoms with Gasteiger partial charge in [-0.1, -0.05) is 112 Å². The molecule has 0 aliphatic carbocycles. The maximum Gasteiger partial charge on any atom is 0.410 e. The molecule has 0 aromatic heterocycles. The number of rotatable bonds is 8. The number of carbonyl (C=O) groups is 2. The van der Waals surface area contributed by atoms with Crippen LogP contribution in [0.5, 0.6) is 0 Å². The Morgan fingerprint density at radius 1 is 0.846 bits per heavy atom. The zero-order valence-electron chi connectivity index (χ0n) is 23.3. The van der Waals surface area contributed by atoms with Crippen LogP contribution in [0.3, 0.4) is 0 Å². The van der Waals surface area contributed by atoms with Crippen LogP contribution in [0.4, 0.5) is 4.79 Å². The van der Waals surface area contributed by atoms with Crippen LogP contribution >= 0.6 is 0 Å². The van der Waals surface area contributed by atoms with Crippen molar-refractivity contribution >= 4 is 30.8 Å². The van der Waals surface area contributed by atoms with Gasteiger partial charge in [0.05, 0.1) is 25.7 Å². The Hall–Kier alpha value is -3.42. The van der Waals surface area contributed by atoms with Gasteiger partial charge in [0.2, 0.25) is 0 Å². The topological polar surface area (TPSA) is 65.1 Å². The van der Waals surface area contributed by atoms with Gasteiger partial charge in [0, 0.05) is 6.54 Å². The zero-order chi connectivity index (χ0) is 27.9. The van der Waals surface area contributed by atoms with Crippen LogP contribution in [0.1, 0.15) is 39.2 Å². The minimum atomic E-state index is -2.78. The first-order chi connectivity index (χ1) is 18.8. The van der Waals surface area contributed by atoms with Gasteiger partial charge in [-0.3, -0.25) is 4.79 Å². The average molecular weight is 546 g/mol. The van der Waals surface area contributed by atoms with Gasteiger partial charge in [-0.2, -0.15) is 0 Å². The fraction of sp³-hybridized carbons (Fsp3) is 0.375. The Balaban J connectivity index is 1.63. The summed E-state index contributed by atoms with van der Waals surface area (Å²) in [6.45, 7) is 7.47. The largest absolute Gasteiger partial charge is 0.469 e. The first kappa shape index (κ1) is 28.6. The van der Waals surface area contributed by atoms with Crippen molar-refractivity contribution in [3.05, 3.63) is 96.6 Å². The SMILES string of the molecule is COC(=O)[C@H]1CC[C@H](CO[Si](c2ccccc2)(c2ccccc2)C(C)(C)C)N(C(=O)OCc2ccccc2)C1. The number of hydrogen-bond donors (Lipinski definition) is 0. The van der Waals surface area contributed by atoms with Gasteiger partial charge in [0.15, 0.2) is 0 Å². The quantitative estimate of drug-likeness (QED) is 0.289. The highest BCUT2D eigenvalue weighted by Gasteiger charge is 2.51. The van der Waals surface area contributed by atoms with Gasteiger partial charge in [-0.15, -0.1) is 0 Å². The summed E-state index contributed by atoms with van der Waals surface area (Å²) in [5.41, 5.74) is 0.910. The fourth-order valence-corrected chi connectivity index (χ4v) is 10.2. The summed E-state index contributed by atoms with van der Waals surface area (Å²) in [4.78, 5) is 27.5. The van der Waals surface area contributed by atoms with Crippen molar-refractivity contribution in [2.24, 2.45) is 5.92 Å². The maximum atomic E-state index is 13.4. The van der Waals surface area contributed by atoms with Crippen molar-refractivity contribution < 1.29 is 23.5 Å². The van der Waals surface area contributed by atoms with E-state index in [0.717, 1.165) is 5.56 Å². The zero-order valence-corrected chi connectivity index (χ0v) is 24.3. The molecule has 0 spiro atoms. The summed E-state index contributed by atoms with van der Waals surface area (Å²) < 4.78 is 17.9. The van der Waals surface area contributed by atoms with Gasteiger partial charge in [0.1, 0.15) is 6.61 Å². The van der Waals surface area contributed by atoms with Crippen LogP contribution in [0.25, 0.3) is 0 Å². The highest BCUT2D eigenvalue weighted by Crippen LogP contribution is 2.37. The predicted molar refractivity (Wildman–Crippen MR) is 155 cm³/mol. The number of amides is 1. The molecule has 0 saturated carbocycles. The minimum absolute atomic E-state index is 0.168. The lowest BCUT2D eigenvalue weighted by molar-refractivity contribution is -0.147. The van der Waals surface area contributed by atoms with Crippen molar-refractivity contribution in [1.82, 2.24) is 4.90 Å². The van der Waals surface area contributed by atoms with Gasteiger partial charge in [-0.25, -0.2) is 4.79 Å². The number of hydrogen-bond acceptors (Lipinski definition) is 5. The lowest BCUT2D eigenvalue weighted by atomic mass is 9.93. The van der Waals surface area contributed by atoms with Crippen LogP contribution in [-0.2, 0) is 25.3 Å². The fourth-order valence-electron chi connectivity index (χ4n) is 5.57. The predicted octanol–water partition coefficient (Wildman–Crippen LogP) is 5.15. The molecular weight excluding hydrogens is 506 g/mol. The number of esters is 1. The Morgan fingerprint density at radius 3 is 1.90 bits per heavy atom. The van der Waals surface area contributed by atoms with Crippen molar-refractivity contribution in [2.45, 2.75) is 51.3 Å². The number of benzene rings is 3. The number of ether oxygens (including phenoxy) is 2. The molecule has 3 aromatic rings. The lowest BCUT2D eigenvalue weighted by Gasteiger charge is -2.45. The maximum absolute atomic E-state index is 13.4. The van der Waals surface area contributed by atoms with Gasteiger partial charge in [-0.05, 0) is 33.8 Å². The highest BCUT2D eigenvalue weighted by atomic mass is 28.4. The molecule has 0 unspecified atom stereocenters. The molecule has 206 valence electrons. The summed E-state index contributed by atoms with van der Waals surface area (Å²) in [6, 6.07) is 30.3. The molecule has 6 nitrogen and oxygen atoms in total. The molecule has 0 bridgehead atoms. The lowest BCUT2D eigenvalue weighted by Crippen LogP contribution is -2.67. The molecule has 1 heterocycles. The van der Waals surface area contributed by atoms with E-state index in [-0.39, 0.29) is 36.1 Å². The molecular formula is C32H39NO5Si. The Bertz CT molecular complexity index is 1170. The molecule has 1 aliphatic rings. The molecule has 1 saturated heterocycles. The van der Waals surface area contributed by atoms with Crippen LogP contribution in [0.2, 0.25) is 5.04 Å². The van der Waals surface area contributed by atoms with Crippen LogP contribution in [0.15, 0.2) is 91.0 Å². The second-order valence-corrected chi connectivity index (χ2v) is 15.4. The summed E-state index contributed by atoms with van der Waals surface area (Å²) in [6.07, 6.45) is 0.811. The smallest absolute Gasteiger partial charge is 0.410 e. The molecule has 3 aromatic carbocycles. The van der Waals surface area contributed by atoms with E-state index in [2.05, 4.69) is 69.3 Å². The molecule has 1 aliphatic heterocycles. The number of carbonyl (C=O) groups excluding carboxylic acids is 2. The second kappa shape index (κ2) is 12.6. The molecule has 1 amide bonds. The summed E-state index contributed by atoms with van der Waals surface area (Å²) in [7, 11) is -1.40. The van der Waals surface area contributed by atoms with Gasteiger partial charge < -0.3 is 18.8 Å². The molecule has 39 heavy (non-hydrogen) atoms. The average Bonchev–Trinajstić information content (AvgIpc) is 2.97. The summed E-state index contributed by atoms with van der Waals surface area (Å²) in [5, 5.41) is 2.19. The number of methoxy groups -OCH3 is 1. The van der Waals surface area contributed by atoms with E-state index < -0.39 is 14.4 Å². The second-order valence-electron chi connectivity index (χ2n) is 11.1. The third kappa shape index (κ3) is 6.42. The first-order valence-electron chi connectivity index (χ1n) is 13.6. The molecule has 1 fully saturated rings. The number of likely N-dealkylation sites (tertiary alicyclic amines) is 1. The summed E-state index contributed by atoms with van der Waals surface area (Å²) >= 11 is 0. The van der Waals surface area contributed by atoms with Crippen molar-refractivity contribution in [1.29, 1.82) is 0 Å². The normalized spacial score (nSPS) is 17.9. The third-order valence-corrected chi connectivity index (χ3v) is 12.6. The summed E-state index contributed by atoms with van der Waals surface area (Å²) in [5.74, 6) is -0.689. The van der Waals surface area contributed by atoms with E-state index in [1.807, 2.05) is 42.5 Å². The van der Waals surface area contributed by atoms with E-state index in [4.69, 9.17) is 13.9 Å². The highest BCUT2D eigenvalue weighted by molar-refractivity contribution is 6.99. The van der Waals surface area contributed by atoms with Crippen LogP contribution in [0, 0.1) is 5.92 Å². The van der Waals surface area contributed by atoms with E-state index in [1.165, 1.54) is 17.5 Å². The molecule has 0 radical (unpaired) electrons. The van der Waals surface area contributed by atoms with E-state index in [9.17, 15) is 9.59 Å². The Morgan fingerprint density at radius 2 is 1.38 bits per heavy atom. The van der Waals surface area contributed by atoms with Gasteiger partial charge in [0.25, 0.3) is 8.32 Å². The Labute approximate surface area is 233 Å². The third-order valence-electron chi connectivity index (χ3n) is 7.59. The van der Waals surface area contributed by atoms with E-state index >= 15 is 0 Å². The van der Waals surface area contributed by atoms with Crippen molar-refractivity contribution in [2.75, 3.05) is 20.3 Å². The molecule has 7 heteroatoms. The first-order valence-corrected chi connectivity index (χ1v) is 15.5. The number of nitrogens with zero attached hydrogens (tertiary/aromatic N) is 1. The van der Waals surface area contributed by atoms with E-state index in [0.29, 0.717) is 19.4 Å². The standard InChI is InChI=1S/C32H39NO5Si/c1-32(2,3)39(28-16-10-6-11-17-28,29-18-12-7-13-19-29)38-24-27-21-20-26(30(34)36-4)22-33(27)31(35)37-23-25-14-8-5-9-15-25/h5-19,26-27H,20-24H2,1-4H3/t26-,27+/m0/s1. The number of piperidine rings is 1.